The second-order valence-corrected chi connectivity index (χ2v) is 3.30. The Morgan fingerprint density at radius 3 is 2.00 bits per heavy atom. The Balaban J connectivity index is 3.75. The van der Waals surface area contributed by atoms with Crippen LogP contribution >= 0.6 is 0 Å². The normalized spacial score (nSPS) is 16.5. The zero-order chi connectivity index (χ0) is 9.02. The third kappa shape index (κ3) is 4.04. The van der Waals surface area contributed by atoms with Crippen LogP contribution in [0, 0.1) is 5.92 Å². The van der Waals surface area contributed by atoms with E-state index in [0.29, 0.717) is 11.6 Å². The van der Waals surface area contributed by atoms with Gasteiger partial charge in [0.1, 0.15) is 0 Å². The molecule has 2 heteroatoms. The van der Waals surface area contributed by atoms with Crippen LogP contribution in [0.1, 0.15) is 27.7 Å². The molecule has 0 aliphatic carbocycles. The van der Waals surface area contributed by atoms with Crippen molar-refractivity contribution in [1.82, 2.24) is 0 Å². The summed E-state index contributed by atoms with van der Waals surface area (Å²) in [5.74, 6) is 0.525. The minimum atomic E-state index is -0.0348. The lowest BCUT2D eigenvalue weighted by Gasteiger charge is -2.21. The Morgan fingerprint density at radius 2 is 1.73 bits per heavy atom. The van der Waals surface area contributed by atoms with Crippen molar-refractivity contribution in [1.29, 1.82) is 0 Å². The standard InChI is InChI=1S/C9H19NO/c1-6(2)8(4)11-9(5)7(3)10/h6,8-9H,3,10H2,1-2,4-5H3. The average molecular weight is 157 g/mol. The largest absolute Gasteiger partial charge is 0.400 e. The van der Waals surface area contributed by atoms with Gasteiger partial charge in [-0.15, -0.1) is 0 Å². The zero-order valence-corrected chi connectivity index (χ0v) is 7.92. The van der Waals surface area contributed by atoms with E-state index in [0.717, 1.165) is 0 Å². The maximum atomic E-state index is 5.55. The maximum Gasteiger partial charge on any atom is 0.0936 e. The smallest absolute Gasteiger partial charge is 0.0936 e. The number of hydrogen-bond donors (Lipinski definition) is 1. The van der Waals surface area contributed by atoms with Crippen molar-refractivity contribution in [3.05, 3.63) is 12.3 Å². The summed E-state index contributed by atoms with van der Waals surface area (Å²) >= 11 is 0. The van der Waals surface area contributed by atoms with Crippen molar-refractivity contribution >= 4 is 0 Å². The third-order valence-electron chi connectivity index (χ3n) is 1.88. The van der Waals surface area contributed by atoms with E-state index in [9.17, 15) is 0 Å². The van der Waals surface area contributed by atoms with Gasteiger partial charge in [-0.2, -0.15) is 0 Å². The highest BCUT2D eigenvalue weighted by Crippen LogP contribution is 2.09. The van der Waals surface area contributed by atoms with Gasteiger partial charge in [0, 0.05) is 5.70 Å². The highest BCUT2D eigenvalue weighted by Gasteiger charge is 2.12. The molecule has 0 saturated heterocycles. The van der Waals surface area contributed by atoms with Gasteiger partial charge in [-0.05, 0) is 19.8 Å². The van der Waals surface area contributed by atoms with Gasteiger partial charge in [0.25, 0.3) is 0 Å². The van der Waals surface area contributed by atoms with Crippen LogP contribution in [0.4, 0.5) is 0 Å². The molecule has 0 rings (SSSR count). The number of nitrogens with two attached hydrogens (primary N) is 1. The Bertz CT molecular complexity index is 132. The first kappa shape index (κ1) is 10.5. The van der Waals surface area contributed by atoms with Gasteiger partial charge in [-0.1, -0.05) is 20.4 Å². The molecule has 0 aliphatic heterocycles. The summed E-state index contributed by atoms with van der Waals surface area (Å²) in [6.45, 7) is 11.8. The van der Waals surface area contributed by atoms with Gasteiger partial charge in [0.2, 0.25) is 0 Å². The molecule has 66 valence electrons. The maximum absolute atomic E-state index is 5.55. The lowest BCUT2D eigenvalue weighted by molar-refractivity contribution is 0.00144. The SMILES string of the molecule is C=C(N)C(C)OC(C)C(C)C. The van der Waals surface area contributed by atoms with Crippen molar-refractivity contribution in [2.75, 3.05) is 0 Å². The lowest BCUT2D eigenvalue weighted by atomic mass is 10.1. The first-order valence-electron chi connectivity index (χ1n) is 4.05. The molecule has 2 unspecified atom stereocenters. The van der Waals surface area contributed by atoms with E-state index >= 15 is 0 Å². The molecule has 0 bridgehead atoms. The van der Waals surface area contributed by atoms with Crippen LogP contribution in [0.3, 0.4) is 0 Å². The molecule has 0 aromatic rings. The Hall–Kier alpha value is -0.500. The summed E-state index contributed by atoms with van der Waals surface area (Å²) in [5.41, 5.74) is 6.06. The molecule has 0 amide bonds. The first-order chi connectivity index (χ1) is 4.95. The molecule has 0 aromatic carbocycles. The van der Waals surface area contributed by atoms with Crippen LogP contribution in [0.2, 0.25) is 0 Å². The predicted molar refractivity (Wildman–Crippen MR) is 48.2 cm³/mol. The van der Waals surface area contributed by atoms with Gasteiger partial charge in [0.15, 0.2) is 0 Å². The summed E-state index contributed by atoms with van der Waals surface area (Å²) in [6, 6.07) is 0. The lowest BCUT2D eigenvalue weighted by Crippen LogP contribution is -2.25. The van der Waals surface area contributed by atoms with Crippen LogP contribution < -0.4 is 5.73 Å². The summed E-state index contributed by atoms with van der Waals surface area (Å²) in [7, 11) is 0. The van der Waals surface area contributed by atoms with E-state index in [1.807, 2.05) is 13.8 Å². The molecule has 2 atom stereocenters. The van der Waals surface area contributed by atoms with Crippen LogP contribution in [0.25, 0.3) is 0 Å². The molecule has 11 heavy (non-hydrogen) atoms. The van der Waals surface area contributed by atoms with Crippen LogP contribution in [-0.2, 0) is 4.74 Å². The molecular weight excluding hydrogens is 138 g/mol. The van der Waals surface area contributed by atoms with E-state index in [2.05, 4.69) is 20.4 Å². The van der Waals surface area contributed by atoms with Crippen molar-refractivity contribution in [2.45, 2.75) is 39.9 Å². The molecule has 0 saturated carbocycles. The zero-order valence-electron chi connectivity index (χ0n) is 7.92. The van der Waals surface area contributed by atoms with Crippen molar-refractivity contribution < 1.29 is 4.74 Å². The highest BCUT2D eigenvalue weighted by atomic mass is 16.5. The van der Waals surface area contributed by atoms with E-state index in [4.69, 9.17) is 10.5 Å². The fourth-order valence-electron chi connectivity index (χ4n) is 0.567. The van der Waals surface area contributed by atoms with Gasteiger partial charge >= 0.3 is 0 Å². The van der Waals surface area contributed by atoms with E-state index in [1.54, 1.807) is 0 Å². The molecule has 2 nitrogen and oxygen atoms in total. The summed E-state index contributed by atoms with van der Waals surface area (Å²) < 4.78 is 5.55. The van der Waals surface area contributed by atoms with Crippen molar-refractivity contribution in [2.24, 2.45) is 11.7 Å². The molecular formula is C9H19NO. The molecule has 0 fully saturated rings. The fourth-order valence-corrected chi connectivity index (χ4v) is 0.567. The second-order valence-electron chi connectivity index (χ2n) is 3.30. The number of ether oxygens (including phenoxy) is 1. The minimum absolute atomic E-state index is 0.0348. The number of rotatable bonds is 4. The minimum Gasteiger partial charge on any atom is -0.400 e. The Labute approximate surface area is 69.4 Å². The molecule has 0 spiro atoms. The van der Waals surface area contributed by atoms with Gasteiger partial charge in [-0.3, -0.25) is 0 Å². The first-order valence-corrected chi connectivity index (χ1v) is 4.05. The highest BCUT2D eigenvalue weighted by molar-refractivity contribution is 4.93. The van der Waals surface area contributed by atoms with Crippen molar-refractivity contribution in [3.63, 3.8) is 0 Å². The summed E-state index contributed by atoms with van der Waals surface area (Å²) in [6.07, 6.45) is 0.206. The second kappa shape index (κ2) is 4.39. The van der Waals surface area contributed by atoms with Gasteiger partial charge < -0.3 is 10.5 Å². The van der Waals surface area contributed by atoms with Crippen LogP contribution in [0.5, 0.6) is 0 Å². The summed E-state index contributed by atoms with van der Waals surface area (Å²) in [5, 5.41) is 0. The van der Waals surface area contributed by atoms with E-state index in [1.165, 1.54) is 0 Å². The molecule has 0 aliphatic rings. The number of hydrogen-bond acceptors (Lipinski definition) is 2. The van der Waals surface area contributed by atoms with E-state index in [-0.39, 0.29) is 12.2 Å². The van der Waals surface area contributed by atoms with Crippen LogP contribution in [-0.4, -0.2) is 12.2 Å². The Kier molecular flexibility index (Phi) is 4.19. The molecule has 0 heterocycles. The van der Waals surface area contributed by atoms with Gasteiger partial charge in [0.05, 0.1) is 12.2 Å². The monoisotopic (exact) mass is 157 g/mol. The van der Waals surface area contributed by atoms with Crippen molar-refractivity contribution in [3.8, 4) is 0 Å². The predicted octanol–water partition coefficient (Wildman–Crippen LogP) is 1.91. The average Bonchev–Trinajstić information content (AvgIpc) is 1.87. The fraction of sp³-hybridized carbons (Fsp3) is 0.778. The third-order valence-corrected chi connectivity index (χ3v) is 1.88. The topological polar surface area (TPSA) is 35.2 Å². The molecule has 0 aromatic heterocycles. The Morgan fingerprint density at radius 1 is 1.27 bits per heavy atom. The summed E-state index contributed by atoms with van der Waals surface area (Å²) in [4.78, 5) is 0. The molecule has 0 radical (unpaired) electrons. The quantitative estimate of drug-likeness (QED) is 0.676. The van der Waals surface area contributed by atoms with E-state index < -0.39 is 0 Å². The molecule has 2 N–H and O–H groups in total. The van der Waals surface area contributed by atoms with Gasteiger partial charge in [-0.25, -0.2) is 0 Å². The van der Waals surface area contributed by atoms with Crippen LogP contribution in [0.15, 0.2) is 12.3 Å².